The predicted octanol–water partition coefficient (Wildman–Crippen LogP) is 2.48. The maximum atomic E-state index is 5.83. The lowest BCUT2D eigenvalue weighted by Gasteiger charge is -2.22. The molecule has 106 valence electrons. The molecule has 3 rings (SSSR count). The van der Waals surface area contributed by atoms with E-state index < -0.39 is 0 Å². The van der Waals surface area contributed by atoms with Crippen molar-refractivity contribution >= 4 is 0 Å². The van der Waals surface area contributed by atoms with Crippen molar-refractivity contribution in [2.24, 2.45) is 5.92 Å². The van der Waals surface area contributed by atoms with Crippen LogP contribution in [0.15, 0.2) is 36.5 Å². The van der Waals surface area contributed by atoms with Crippen LogP contribution in [-0.4, -0.2) is 35.3 Å². The van der Waals surface area contributed by atoms with E-state index in [2.05, 4.69) is 40.3 Å². The molecule has 2 heterocycles. The zero-order chi connectivity index (χ0) is 13.8. The summed E-state index contributed by atoms with van der Waals surface area (Å²) in [6.45, 7) is 2.81. The topological polar surface area (TPSA) is 41.2 Å². The van der Waals surface area contributed by atoms with Gasteiger partial charge in [-0.25, -0.2) is 0 Å². The van der Waals surface area contributed by atoms with E-state index in [1.807, 2.05) is 12.1 Å². The Morgan fingerprint density at radius 3 is 3.10 bits per heavy atom. The van der Waals surface area contributed by atoms with Gasteiger partial charge in [-0.1, -0.05) is 18.2 Å². The summed E-state index contributed by atoms with van der Waals surface area (Å²) in [6, 6.07) is 10.4. The number of hydrogen-bond acceptors (Lipinski definition) is 3. The van der Waals surface area contributed by atoms with Gasteiger partial charge in [0, 0.05) is 25.0 Å². The standard InChI is InChI=1S/C16H21N3O/c1-19(12-15-6-8-17-18-15)11-13-7-9-20-16-5-3-2-4-14(16)10-13/h2-6,8,13H,7,9-12H2,1H3,(H,17,18). The van der Waals surface area contributed by atoms with Crippen LogP contribution in [-0.2, 0) is 13.0 Å². The summed E-state index contributed by atoms with van der Waals surface area (Å²) in [7, 11) is 2.17. The lowest BCUT2D eigenvalue weighted by molar-refractivity contribution is 0.233. The Bertz CT molecular complexity index is 538. The molecule has 1 N–H and O–H groups in total. The van der Waals surface area contributed by atoms with Gasteiger partial charge in [-0.3, -0.25) is 5.10 Å². The fourth-order valence-corrected chi connectivity index (χ4v) is 2.89. The third kappa shape index (κ3) is 3.20. The Kier molecular flexibility index (Phi) is 4.02. The van der Waals surface area contributed by atoms with Gasteiger partial charge < -0.3 is 9.64 Å². The van der Waals surface area contributed by atoms with Crippen molar-refractivity contribution in [2.45, 2.75) is 19.4 Å². The Morgan fingerprint density at radius 1 is 1.35 bits per heavy atom. The van der Waals surface area contributed by atoms with Crippen LogP contribution in [0.3, 0.4) is 0 Å². The van der Waals surface area contributed by atoms with E-state index in [1.54, 1.807) is 6.20 Å². The summed E-state index contributed by atoms with van der Waals surface area (Å²) in [6.07, 6.45) is 4.02. The predicted molar refractivity (Wildman–Crippen MR) is 78.7 cm³/mol. The van der Waals surface area contributed by atoms with Gasteiger partial charge in [0.1, 0.15) is 5.75 Å². The van der Waals surface area contributed by atoms with Crippen LogP contribution in [0.4, 0.5) is 0 Å². The first-order valence-corrected chi connectivity index (χ1v) is 7.19. The molecule has 4 nitrogen and oxygen atoms in total. The number of rotatable bonds is 4. The van der Waals surface area contributed by atoms with Crippen molar-refractivity contribution in [3.8, 4) is 5.75 Å². The smallest absolute Gasteiger partial charge is 0.122 e. The number of aromatic amines is 1. The zero-order valence-corrected chi connectivity index (χ0v) is 11.9. The number of H-pyrrole nitrogens is 1. The van der Waals surface area contributed by atoms with Crippen LogP contribution >= 0.6 is 0 Å². The quantitative estimate of drug-likeness (QED) is 0.929. The Hall–Kier alpha value is -1.81. The summed E-state index contributed by atoms with van der Waals surface area (Å²) in [4.78, 5) is 2.35. The van der Waals surface area contributed by atoms with Crippen LogP contribution < -0.4 is 4.74 Å². The average molecular weight is 271 g/mol. The van der Waals surface area contributed by atoms with E-state index in [1.165, 1.54) is 5.56 Å². The molecule has 0 radical (unpaired) electrons. The van der Waals surface area contributed by atoms with E-state index >= 15 is 0 Å². The number of para-hydroxylation sites is 1. The number of ether oxygens (including phenoxy) is 1. The molecular weight excluding hydrogens is 250 g/mol. The van der Waals surface area contributed by atoms with Gasteiger partial charge in [0.25, 0.3) is 0 Å². The second-order valence-electron chi connectivity index (χ2n) is 5.59. The van der Waals surface area contributed by atoms with Crippen LogP contribution in [0.2, 0.25) is 0 Å². The fourth-order valence-electron chi connectivity index (χ4n) is 2.89. The third-order valence-corrected chi connectivity index (χ3v) is 3.83. The molecule has 0 spiro atoms. The summed E-state index contributed by atoms with van der Waals surface area (Å²) < 4.78 is 5.83. The van der Waals surface area contributed by atoms with E-state index in [9.17, 15) is 0 Å². The first-order valence-electron chi connectivity index (χ1n) is 7.19. The molecule has 0 saturated heterocycles. The number of nitrogens with one attached hydrogen (secondary N) is 1. The van der Waals surface area contributed by atoms with Crippen LogP contribution in [0.1, 0.15) is 17.7 Å². The molecule has 1 aromatic carbocycles. The number of fused-ring (bicyclic) bond motifs is 1. The third-order valence-electron chi connectivity index (χ3n) is 3.83. The molecule has 2 aromatic rings. The molecular formula is C16H21N3O. The fraction of sp³-hybridized carbons (Fsp3) is 0.438. The highest BCUT2D eigenvalue weighted by Gasteiger charge is 2.18. The average Bonchev–Trinajstić information content (AvgIpc) is 2.85. The number of nitrogens with zero attached hydrogens (tertiary/aromatic N) is 2. The maximum Gasteiger partial charge on any atom is 0.122 e. The molecule has 4 heteroatoms. The van der Waals surface area contributed by atoms with Crippen molar-refractivity contribution in [3.63, 3.8) is 0 Å². The van der Waals surface area contributed by atoms with E-state index in [0.717, 1.165) is 44.0 Å². The summed E-state index contributed by atoms with van der Waals surface area (Å²) >= 11 is 0. The number of benzene rings is 1. The summed E-state index contributed by atoms with van der Waals surface area (Å²) in [5, 5.41) is 7.01. The molecule has 1 atom stereocenters. The summed E-state index contributed by atoms with van der Waals surface area (Å²) in [5.74, 6) is 1.71. The van der Waals surface area contributed by atoms with Gasteiger partial charge in [-0.15, -0.1) is 0 Å². The molecule has 0 bridgehead atoms. The molecule has 0 aliphatic carbocycles. The molecule has 0 fully saturated rings. The number of aromatic nitrogens is 2. The van der Waals surface area contributed by atoms with Crippen molar-refractivity contribution < 1.29 is 4.74 Å². The molecule has 1 aliphatic rings. The van der Waals surface area contributed by atoms with Gasteiger partial charge in [0.2, 0.25) is 0 Å². The first-order chi connectivity index (χ1) is 9.81. The molecule has 1 unspecified atom stereocenters. The molecule has 20 heavy (non-hydrogen) atoms. The van der Waals surface area contributed by atoms with E-state index in [4.69, 9.17) is 4.74 Å². The molecule has 0 saturated carbocycles. The maximum absolute atomic E-state index is 5.83. The molecule has 0 amide bonds. The van der Waals surface area contributed by atoms with Crippen LogP contribution in [0.5, 0.6) is 5.75 Å². The van der Waals surface area contributed by atoms with E-state index in [0.29, 0.717) is 5.92 Å². The minimum atomic E-state index is 0.645. The largest absolute Gasteiger partial charge is 0.493 e. The summed E-state index contributed by atoms with van der Waals surface area (Å²) in [5.41, 5.74) is 2.50. The molecule has 1 aromatic heterocycles. The minimum absolute atomic E-state index is 0.645. The van der Waals surface area contributed by atoms with Crippen molar-refractivity contribution in [3.05, 3.63) is 47.8 Å². The highest BCUT2D eigenvalue weighted by Crippen LogP contribution is 2.27. The van der Waals surface area contributed by atoms with Gasteiger partial charge >= 0.3 is 0 Å². The van der Waals surface area contributed by atoms with Gasteiger partial charge in [0.15, 0.2) is 0 Å². The van der Waals surface area contributed by atoms with Crippen LogP contribution in [0, 0.1) is 5.92 Å². The SMILES string of the molecule is CN(Cc1ccn[nH]1)CC1CCOc2ccccc2C1. The number of hydrogen-bond donors (Lipinski definition) is 1. The van der Waals surface area contributed by atoms with Gasteiger partial charge in [-0.2, -0.15) is 5.10 Å². The Labute approximate surface area is 119 Å². The van der Waals surface area contributed by atoms with Crippen LogP contribution in [0.25, 0.3) is 0 Å². The second kappa shape index (κ2) is 6.09. The Balaban J connectivity index is 1.60. The second-order valence-corrected chi connectivity index (χ2v) is 5.59. The minimum Gasteiger partial charge on any atom is -0.493 e. The van der Waals surface area contributed by atoms with Crippen molar-refractivity contribution in [1.29, 1.82) is 0 Å². The molecule has 1 aliphatic heterocycles. The highest BCUT2D eigenvalue weighted by molar-refractivity contribution is 5.34. The lowest BCUT2D eigenvalue weighted by Crippen LogP contribution is -2.27. The first kappa shape index (κ1) is 13.2. The zero-order valence-electron chi connectivity index (χ0n) is 11.9. The van der Waals surface area contributed by atoms with E-state index in [-0.39, 0.29) is 0 Å². The normalized spacial score (nSPS) is 18.4. The highest BCUT2D eigenvalue weighted by atomic mass is 16.5. The van der Waals surface area contributed by atoms with Gasteiger partial charge in [0.05, 0.1) is 6.61 Å². The monoisotopic (exact) mass is 271 g/mol. The van der Waals surface area contributed by atoms with Gasteiger partial charge in [-0.05, 0) is 43.5 Å². The lowest BCUT2D eigenvalue weighted by atomic mass is 9.96. The Morgan fingerprint density at radius 2 is 2.25 bits per heavy atom. The van der Waals surface area contributed by atoms with Crippen molar-refractivity contribution in [2.75, 3.05) is 20.2 Å². The van der Waals surface area contributed by atoms with Crippen molar-refractivity contribution in [1.82, 2.24) is 15.1 Å².